The van der Waals surface area contributed by atoms with E-state index in [1.807, 2.05) is 19.9 Å². The summed E-state index contributed by atoms with van der Waals surface area (Å²) in [4.78, 5) is 22.2. The molecule has 5 nitrogen and oxygen atoms in total. The van der Waals surface area contributed by atoms with Crippen LogP contribution in [0.3, 0.4) is 0 Å². The Labute approximate surface area is 118 Å². The number of nitrogens with one attached hydrogen (secondary N) is 1. The number of aliphatic carboxylic acids is 1. The molecule has 20 heavy (non-hydrogen) atoms. The fourth-order valence-corrected chi connectivity index (χ4v) is 1.88. The standard InChI is InChI=1S/C15H21NO4/c1-10(2)8-13(15(18)19)16-9-12-6-4-5-7-14(12)20-11(3)17/h4-7,10,13,16H,8-9H2,1-3H3,(H,18,19). The molecular weight excluding hydrogens is 258 g/mol. The fraction of sp³-hybridized carbons (Fsp3) is 0.467. The van der Waals surface area contributed by atoms with E-state index < -0.39 is 18.0 Å². The molecule has 5 heteroatoms. The Hall–Kier alpha value is -1.88. The van der Waals surface area contributed by atoms with Crippen LogP contribution in [0.25, 0.3) is 0 Å². The van der Waals surface area contributed by atoms with Crippen LogP contribution in [0.15, 0.2) is 24.3 Å². The third kappa shape index (κ3) is 5.40. The Balaban J connectivity index is 2.72. The van der Waals surface area contributed by atoms with Gasteiger partial charge in [-0.15, -0.1) is 0 Å². The minimum absolute atomic E-state index is 0.285. The van der Waals surface area contributed by atoms with Crippen LogP contribution in [-0.2, 0) is 16.1 Å². The third-order valence-electron chi connectivity index (χ3n) is 2.77. The van der Waals surface area contributed by atoms with Gasteiger partial charge in [-0.1, -0.05) is 32.0 Å². The number of carboxylic acids is 1. The average Bonchev–Trinajstić information content (AvgIpc) is 2.34. The Morgan fingerprint density at radius 3 is 2.50 bits per heavy atom. The quantitative estimate of drug-likeness (QED) is 0.591. The van der Waals surface area contributed by atoms with E-state index in [-0.39, 0.29) is 5.92 Å². The highest BCUT2D eigenvalue weighted by molar-refractivity contribution is 5.73. The Bertz CT molecular complexity index is 471. The lowest BCUT2D eigenvalue weighted by Crippen LogP contribution is -2.37. The second-order valence-corrected chi connectivity index (χ2v) is 5.10. The van der Waals surface area contributed by atoms with E-state index in [0.717, 1.165) is 5.56 Å². The summed E-state index contributed by atoms with van der Waals surface area (Å²) in [6.07, 6.45) is 0.547. The number of hydrogen-bond acceptors (Lipinski definition) is 4. The first-order chi connectivity index (χ1) is 9.40. The second-order valence-electron chi connectivity index (χ2n) is 5.10. The molecule has 110 valence electrons. The molecule has 0 saturated carbocycles. The van der Waals surface area contributed by atoms with E-state index in [2.05, 4.69) is 5.32 Å². The number of benzene rings is 1. The van der Waals surface area contributed by atoms with Crippen LogP contribution in [0.5, 0.6) is 5.75 Å². The minimum Gasteiger partial charge on any atom is -0.480 e. The number of esters is 1. The summed E-state index contributed by atoms with van der Waals surface area (Å²) in [5.41, 5.74) is 0.762. The molecule has 1 unspecified atom stereocenters. The molecule has 0 aromatic heterocycles. The van der Waals surface area contributed by atoms with Crippen LogP contribution in [0.1, 0.15) is 32.8 Å². The van der Waals surface area contributed by atoms with Crippen molar-refractivity contribution in [1.82, 2.24) is 5.32 Å². The number of carbonyl (C=O) groups excluding carboxylic acids is 1. The van der Waals surface area contributed by atoms with Gasteiger partial charge in [0.1, 0.15) is 11.8 Å². The number of carboxylic acid groups (broad SMARTS) is 1. The summed E-state index contributed by atoms with van der Waals surface area (Å²) < 4.78 is 5.09. The molecule has 0 fully saturated rings. The normalized spacial score (nSPS) is 12.2. The van der Waals surface area contributed by atoms with Crippen LogP contribution < -0.4 is 10.1 Å². The lowest BCUT2D eigenvalue weighted by atomic mass is 10.0. The van der Waals surface area contributed by atoms with Gasteiger partial charge in [0.25, 0.3) is 0 Å². The van der Waals surface area contributed by atoms with Crippen molar-refractivity contribution >= 4 is 11.9 Å². The van der Waals surface area contributed by atoms with Gasteiger partial charge in [0.05, 0.1) is 0 Å². The van der Waals surface area contributed by atoms with Gasteiger partial charge in [-0.05, 0) is 18.4 Å². The maximum absolute atomic E-state index is 11.2. The Morgan fingerprint density at radius 1 is 1.30 bits per heavy atom. The fourth-order valence-electron chi connectivity index (χ4n) is 1.88. The number of carbonyl (C=O) groups is 2. The topological polar surface area (TPSA) is 75.6 Å². The van der Waals surface area contributed by atoms with Gasteiger partial charge in [-0.2, -0.15) is 0 Å². The molecule has 0 aliphatic rings. The predicted molar refractivity (Wildman–Crippen MR) is 75.5 cm³/mol. The molecule has 1 aromatic rings. The van der Waals surface area contributed by atoms with Crippen LogP contribution in [0.4, 0.5) is 0 Å². The van der Waals surface area contributed by atoms with Gasteiger partial charge in [0.2, 0.25) is 0 Å². The van der Waals surface area contributed by atoms with Crippen LogP contribution in [0.2, 0.25) is 0 Å². The smallest absolute Gasteiger partial charge is 0.320 e. The molecule has 0 spiro atoms. The number of hydrogen-bond donors (Lipinski definition) is 2. The zero-order valence-corrected chi connectivity index (χ0v) is 12.1. The summed E-state index contributed by atoms with van der Waals surface area (Å²) in [6.45, 7) is 5.63. The molecule has 0 aliphatic carbocycles. The highest BCUT2D eigenvalue weighted by atomic mass is 16.5. The van der Waals surface area contributed by atoms with Crippen molar-refractivity contribution in [1.29, 1.82) is 0 Å². The van der Waals surface area contributed by atoms with Crippen molar-refractivity contribution in [2.24, 2.45) is 5.92 Å². The van der Waals surface area contributed by atoms with Gasteiger partial charge >= 0.3 is 11.9 Å². The van der Waals surface area contributed by atoms with Gasteiger partial charge in [-0.3, -0.25) is 9.59 Å². The van der Waals surface area contributed by atoms with E-state index >= 15 is 0 Å². The molecule has 1 atom stereocenters. The first-order valence-electron chi connectivity index (χ1n) is 6.62. The van der Waals surface area contributed by atoms with E-state index in [9.17, 15) is 9.59 Å². The van der Waals surface area contributed by atoms with E-state index in [1.165, 1.54) is 6.92 Å². The van der Waals surface area contributed by atoms with Gasteiger partial charge in [0.15, 0.2) is 0 Å². The summed E-state index contributed by atoms with van der Waals surface area (Å²) in [5.74, 6) is -0.522. The molecule has 1 aromatic carbocycles. The van der Waals surface area contributed by atoms with Crippen LogP contribution >= 0.6 is 0 Å². The monoisotopic (exact) mass is 279 g/mol. The van der Waals surface area contributed by atoms with Crippen molar-refractivity contribution in [3.05, 3.63) is 29.8 Å². The Kier molecular flexibility index (Phi) is 6.18. The molecule has 2 N–H and O–H groups in total. The third-order valence-corrected chi connectivity index (χ3v) is 2.77. The zero-order chi connectivity index (χ0) is 15.1. The molecule has 0 radical (unpaired) electrons. The lowest BCUT2D eigenvalue weighted by molar-refractivity contribution is -0.140. The number of ether oxygens (including phenoxy) is 1. The summed E-state index contributed by atoms with van der Waals surface area (Å²) >= 11 is 0. The van der Waals surface area contributed by atoms with Gasteiger partial charge in [0, 0.05) is 19.0 Å². The first-order valence-corrected chi connectivity index (χ1v) is 6.62. The van der Waals surface area contributed by atoms with Crippen molar-refractivity contribution in [3.8, 4) is 5.75 Å². The molecular formula is C15H21NO4. The highest BCUT2D eigenvalue weighted by Crippen LogP contribution is 2.18. The van der Waals surface area contributed by atoms with Crippen molar-refractivity contribution < 1.29 is 19.4 Å². The van der Waals surface area contributed by atoms with Crippen LogP contribution in [-0.4, -0.2) is 23.1 Å². The molecule has 0 saturated heterocycles. The van der Waals surface area contributed by atoms with Crippen molar-refractivity contribution in [3.63, 3.8) is 0 Å². The largest absolute Gasteiger partial charge is 0.480 e. The predicted octanol–water partition coefficient (Wildman–Crippen LogP) is 2.20. The van der Waals surface area contributed by atoms with Crippen LogP contribution in [0, 0.1) is 5.92 Å². The molecule has 0 amide bonds. The number of rotatable bonds is 7. The average molecular weight is 279 g/mol. The lowest BCUT2D eigenvalue weighted by Gasteiger charge is -2.17. The summed E-state index contributed by atoms with van der Waals surface area (Å²) in [7, 11) is 0. The zero-order valence-electron chi connectivity index (χ0n) is 12.1. The van der Waals surface area contributed by atoms with Crippen molar-refractivity contribution in [2.45, 2.75) is 39.8 Å². The SMILES string of the molecule is CC(=O)Oc1ccccc1CNC(CC(C)C)C(=O)O. The van der Waals surface area contributed by atoms with E-state index in [0.29, 0.717) is 18.7 Å². The maximum atomic E-state index is 11.2. The second kappa shape index (κ2) is 7.65. The minimum atomic E-state index is -0.872. The molecule has 0 aliphatic heterocycles. The first kappa shape index (κ1) is 16.2. The van der Waals surface area contributed by atoms with E-state index in [4.69, 9.17) is 9.84 Å². The molecule has 0 heterocycles. The number of para-hydroxylation sites is 1. The van der Waals surface area contributed by atoms with Gasteiger partial charge in [-0.25, -0.2) is 0 Å². The van der Waals surface area contributed by atoms with Gasteiger partial charge < -0.3 is 15.2 Å². The molecule has 1 rings (SSSR count). The Morgan fingerprint density at radius 2 is 1.95 bits per heavy atom. The summed E-state index contributed by atoms with van der Waals surface area (Å²) in [6, 6.07) is 6.48. The molecule has 0 bridgehead atoms. The summed E-state index contributed by atoms with van der Waals surface area (Å²) in [5, 5.41) is 12.2. The van der Waals surface area contributed by atoms with E-state index in [1.54, 1.807) is 18.2 Å². The highest BCUT2D eigenvalue weighted by Gasteiger charge is 2.18. The maximum Gasteiger partial charge on any atom is 0.320 e. The van der Waals surface area contributed by atoms with Crippen molar-refractivity contribution in [2.75, 3.05) is 0 Å².